The summed E-state index contributed by atoms with van der Waals surface area (Å²) in [5, 5.41) is 6.21. The summed E-state index contributed by atoms with van der Waals surface area (Å²) in [4.78, 5) is 17.0. The van der Waals surface area contributed by atoms with Crippen LogP contribution < -0.4 is 10.6 Å². The third-order valence-electron chi connectivity index (χ3n) is 2.55. The van der Waals surface area contributed by atoms with Crippen molar-refractivity contribution in [1.29, 1.82) is 0 Å². The van der Waals surface area contributed by atoms with Crippen LogP contribution in [0.4, 0.5) is 11.9 Å². The molecule has 0 aliphatic rings. The van der Waals surface area contributed by atoms with Crippen LogP contribution in [0.2, 0.25) is 0 Å². The van der Waals surface area contributed by atoms with Gasteiger partial charge < -0.3 is 10.6 Å². The Morgan fingerprint density at radius 3 is 2.71 bits per heavy atom. The highest BCUT2D eigenvalue weighted by atomic mass is 32.2. The van der Waals surface area contributed by atoms with Crippen LogP contribution in [0.3, 0.4) is 0 Å². The van der Waals surface area contributed by atoms with Crippen molar-refractivity contribution in [3.8, 4) is 5.95 Å². The minimum absolute atomic E-state index is 0.00310. The first-order chi connectivity index (χ1) is 10.1. The van der Waals surface area contributed by atoms with Gasteiger partial charge in [0, 0.05) is 47.8 Å². The highest BCUT2D eigenvalue weighted by Crippen LogP contribution is 2.10. The van der Waals surface area contributed by atoms with Gasteiger partial charge in [-0.25, -0.2) is 4.98 Å². The number of aromatic nitrogens is 5. The van der Waals surface area contributed by atoms with Gasteiger partial charge >= 0.3 is 0 Å². The Morgan fingerprint density at radius 1 is 1.33 bits per heavy atom. The fraction of sp³-hybridized carbons (Fsp3) is 0.500. The van der Waals surface area contributed by atoms with Crippen molar-refractivity contribution in [1.82, 2.24) is 24.5 Å². The number of nitrogens with one attached hydrogen (secondary N) is 2. The molecule has 2 atom stereocenters. The van der Waals surface area contributed by atoms with Crippen molar-refractivity contribution in [3.63, 3.8) is 0 Å². The number of anilines is 2. The largest absolute Gasteiger partial charge is 0.354 e. The number of nitrogens with zero attached hydrogens (tertiary/aromatic N) is 5. The molecule has 2 aromatic heterocycles. The maximum atomic E-state index is 11.3. The minimum Gasteiger partial charge on any atom is -0.354 e. The lowest BCUT2D eigenvalue weighted by Crippen LogP contribution is -2.24. The summed E-state index contributed by atoms with van der Waals surface area (Å²) in [6.45, 7) is 4.62. The Kier molecular flexibility index (Phi) is 5.20. The Morgan fingerprint density at radius 2 is 2.10 bits per heavy atom. The van der Waals surface area contributed by atoms with Crippen LogP contribution >= 0.6 is 0 Å². The smallest absolute Gasteiger partial charge is 0.241 e. The van der Waals surface area contributed by atoms with Crippen molar-refractivity contribution in [2.75, 3.05) is 29.2 Å². The summed E-state index contributed by atoms with van der Waals surface area (Å²) >= 11 is 0. The molecule has 2 aromatic rings. The van der Waals surface area contributed by atoms with Crippen LogP contribution in [-0.4, -0.2) is 53.3 Å². The fourth-order valence-electron chi connectivity index (χ4n) is 1.77. The predicted octanol–water partition coefficient (Wildman–Crippen LogP) is 0.668. The molecule has 2 rings (SSSR count). The fourth-order valence-corrected chi connectivity index (χ4v) is 2.56. The molecule has 8 nitrogen and oxygen atoms in total. The van der Waals surface area contributed by atoms with E-state index in [1.807, 2.05) is 13.8 Å². The van der Waals surface area contributed by atoms with Crippen LogP contribution in [-0.2, 0) is 10.8 Å². The molecule has 0 aliphatic carbocycles. The number of rotatable bonds is 7. The quantitative estimate of drug-likeness (QED) is 0.775. The zero-order valence-corrected chi connectivity index (χ0v) is 13.1. The van der Waals surface area contributed by atoms with Crippen LogP contribution in [0.5, 0.6) is 0 Å². The Hall–Kier alpha value is -2.03. The molecule has 2 heterocycles. The van der Waals surface area contributed by atoms with E-state index in [4.69, 9.17) is 0 Å². The Labute approximate surface area is 125 Å². The molecule has 0 bridgehead atoms. The monoisotopic (exact) mass is 309 g/mol. The zero-order valence-electron chi connectivity index (χ0n) is 12.3. The van der Waals surface area contributed by atoms with Crippen molar-refractivity contribution >= 4 is 22.7 Å². The predicted molar refractivity (Wildman–Crippen MR) is 83.1 cm³/mol. The van der Waals surface area contributed by atoms with Gasteiger partial charge in [-0.2, -0.15) is 15.0 Å². The van der Waals surface area contributed by atoms with Crippen molar-refractivity contribution in [3.05, 3.63) is 18.7 Å². The topological polar surface area (TPSA) is 97.6 Å². The van der Waals surface area contributed by atoms with Crippen LogP contribution in [0.1, 0.15) is 13.8 Å². The van der Waals surface area contributed by atoms with E-state index in [1.165, 1.54) is 0 Å². The molecule has 2 unspecified atom stereocenters. The van der Waals surface area contributed by atoms with Gasteiger partial charge in [0.15, 0.2) is 0 Å². The number of hydrogen-bond acceptors (Lipinski definition) is 7. The maximum absolute atomic E-state index is 11.3. The first-order valence-electron chi connectivity index (χ1n) is 6.63. The normalized spacial score (nSPS) is 13.7. The van der Waals surface area contributed by atoms with E-state index in [0.29, 0.717) is 30.1 Å². The molecule has 0 aromatic carbocycles. The van der Waals surface area contributed by atoms with Gasteiger partial charge in [-0.15, -0.1) is 0 Å². The molecule has 21 heavy (non-hydrogen) atoms. The van der Waals surface area contributed by atoms with Gasteiger partial charge in [0.2, 0.25) is 17.8 Å². The molecular formula is C12H19N7OS. The van der Waals surface area contributed by atoms with E-state index in [2.05, 4.69) is 30.6 Å². The van der Waals surface area contributed by atoms with E-state index >= 15 is 0 Å². The molecule has 0 radical (unpaired) electrons. The number of hydrogen-bond donors (Lipinski definition) is 2. The van der Waals surface area contributed by atoms with Gasteiger partial charge in [-0.3, -0.25) is 8.78 Å². The third kappa shape index (κ3) is 4.48. The van der Waals surface area contributed by atoms with Crippen molar-refractivity contribution < 1.29 is 4.21 Å². The molecule has 2 N–H and O–H groups in total. The lowest BCUT2D eigenvalue weighted by atomic mass is 10.4. The van der Waals surface area contributed by atoms with Gasteiger partial charge in [0.05, 0.1) is 0 Å². The van der Waals surface area contributed by atoms with E-state index in [-0.39, 0.29) is 6.04 Å². The second kappa shape index (κ2) is 7.11. The highest BCUT2D eigenvalue weighted by molar-refractivity contribution is 7.84. The van der Waals surface area contributed by atoms with E-state index in [1.54, 1.807) is 29.5 Å². The van der Waals surface area contributed by atoms with Gasteiger partial charge in [0.25, 0.3) is 0 Å². The third-order valence-corrected chi connectivity index (χ3v) is 3.52. The van der Waals surface area contributed by atoms with Crippen LogP contribution in [0.25, 0.3) is 5.95 Å². The Bertz CT molecular complexity index is 602. The van der Waals surface area contributed by atoms with Crippen LogP contribution in [0, 0.1) is 0 Å². The first-order valence-corrected chi connectivity index (χ1v) is 8.36. The molecule has 0 saturated carbocycles. The van der Waals surface area contributed by atoms with Crippen molar-refractivity contribution in [2.24, 2.45) is 0 Å². The van der Waals surface area contributed by atoms with Crippen molar-refractivity contribution in [2.45, 2.75) is 19.9 Å². The summed E-state index contributed by atoms with van der Waals surface area (Å²) in [7, 11) is -0.877. The second-order valence-electron chi connectivity index (χ2n) is 4.57. The lowest BCUT2D eigenvalue weighted by Gasteiger charge is -2.14. The molecule has 0 aliphatic heterocycles. The molecule has 0 saturated heterocycles. The van der Waals surface area contributed by atoms with Gasteiger partial charge in [0.1, 0.15) is 6.33 Å². The lowest BCUT2D eigenvalue weighted by molar-refractivity contribution is 0.682. The average molecular weight is 309 g/mol. The summed E-state index contributed by atoms with van der Waals surface area (Å²) in [5.74, 6) is 1.94. The molecule has 0 spiro atoms. The first kappa shape index (κ1) is 15.4. The maximum Gasteiger partial charge on any atom is 0.241 e. The summed E-state index contributed by atoms with van der Waals surface area (Å²) < 4.78 is 13.0. The summed E-state index contributed by atoms with van der Waals surface area (Å²) in [6.07, 6.45) is 6.72. The molecule has 9 heteroatoms. The summed E-state index contributed by atoms with van der Waals surface area (Å²) in [5.41, 5.74) is 0. The van der Waals surface area contributed by atoms with Crippen LogP contribution in [0.15, 0.2) is 18.7 Å². The zero-order chi connectivity index (χ0) is 15.2. The molecule has 0 amide bonds. The van der Waals surface area contributed by atoms with Gasteiger partial charge in [-0.05, 0) is 13.8 Å². The van der Waals surface area contributed by atoms with E-state index in [0.717, 1.165) is 0 Å². The standard InChI is InChI=1S/C12H19N7OS/c1-4-14-10-16-11(15-9(2)7-21(3)20)18-12(17-10)19-6-5-13-8-19/h5-6,8-9H,4,7H2,1-3H3,(H2,14,15,16,17,18). The average Bonchev–Trinajstić information content (AvgIpc) is 2.91. The highest BCUT2D eigenvalue weighted by Gasteiger charge is 2.11. The summed E-state index contributed by atoms with van der Waals surface area (Å²) in [6, 6.07) is 0.00310. The second-order valence-corrected chi connectivity index (χ2v) is 6.05. The number of imidazole rings is 1. The molecule has 0 fully saturated rings. The van der Waals surface area contributed by atoms with Gasteiger partial charge in [-0.1, -0.05) is 0 Å². The molecular weight excluding hydrogens is 290 g/mol. The van der Waals surface area contributed by atoms with E-state index < -0.39 is 10.8 Å². The Balaban J connectivity index is 2.25. The van der Waals surface area contributed by atoms with E-state index in [9.17, 15) is 4.21 Å². The molecule has 114 valence electrons. The SMILES string of the molecule is CCNc1nc(NC(C)CS(C)=O)nc(-n2ccnc2)n1. The minimum atomic E-state index is -0.877.